The summed E-state index contributed by atoms with van der Waals surface area (Å²) in [5.41, 5.74) is -3.18. The number of urea groups is 1. The largest absolute Gasteiger partial charge is 0.347 e. The van der Waals surface area contributed by atoms with E-state index in [-0.39, 0.29) is 35.0 Å². The summed E-state index contributed by atoms with van der Waals surface area (Å²) in [5.74, 6) is -2.51. The van der Waals surface area contributed by atoms with Gasteiger partial charge in [-0.15, -0.1) is 0 Å². The fraction of sp³-hybridized carbons (Fsp3) is 0.865. The van der Waals surface area contributed by atoms with Gasteiger partial charge in [0, 0.05) is 12.6 Å². The molecule has 13 heteroatoms. The molecule has 1 aliphatic heterocycles. The molecule has 1 saturated heterocycles. The van der Waals surface area contributed by atoms with Crippen LogP contribution in [0.3, 0.4) is 0 Å². The molecule has 0 spiro atoms. The van der Waals surface area contributed by atoms with E-state index in [0.717, 1.165) is 38.5 Å². The van der Waals surface area contributed by atoms with Gasteiger partial charge < -0.3 is 26.2 Å². The lowest BCUT2D eigenvalue weighted by molar-refractivity contribution is -0.146. The fourth-order valence-electron chi connectivity index (χ4n) is 8.64. The monoisotopic (exact) mass is 719 g/mol. The molecule has 6 atom stereocenters. The maximum atomic E-state index is 14.5. The van der Waals surface area contributed by atoms with E-state index in [1.165, 1.54) is 0 Å². The molecule has 5 fully saturated rings. The van der Waals surface area contributed by atoms with Crippen molar-refractivity contribution >= 4 is 39.4 Å². The van der Waals surface area contributed by atoms with Gasteiger partial charge in [-0.05, 0) is 87.9 Å². The minimum absolute atomic E-state index is 0.00783. The lowest BCUT2D eigenvalue weighted by Gasteiger charge is -2.41. The van der Waals surface area contributed by atoms with Gasteiger partial charge in [0.15, 0.2) is 9.84 Å². The number of hydrogen-bond donors (Lipinski definition) is 4. The first-order valence-electron chi connectivity index (χ1n) is 18.8. The van der Waals surface area contributed by atoms with Crippen LogP contribution in [0.25, 0.3) is 0 Å². The molecule has 50 heavy (non-hydrogen) atoms. The molecular formula is C37H61N5O7S. The first-order chi connectivity index (χ1) is 23.0. The molecule has 3 unspecified atom stereocenters. The van der Waals surface area contributed by atoms with Crippen molar-refractivity contribution in [1.29, 1.82) is 0 Å². The highest BCUT2D eigenvalue weighted by molar-refractivity contribution is 7.92. The lowest BCUT2D eigenvalue weighted by atomic mass is 9.83. The Labute approximate surface area is 298 Å². The summed E-state index contributed by atoms with van der Waals surface area (Å²) < 4.78 is 25.7. The third-order valence-corrected chi connectivity index (χ3v) is 15.1. The van der Waals surface area contributed by atoms with Gasteiger partial charge in [-0.3, -0.25) is 19.2 Å². The number of carbonyl (C=O) groups excluding carboxylic acids is 5. The van der Waals surface area contributed by atoms with Crippen molar-refractivity contribution in [2.45, 2.75) is 160 Å². The molecule has 0 aromatic rings. The van der Waals surface area contributed by atoms with Crippen molar-refractivity contribution < 1.29 is 32.4 Å². The minimum atomic E-state index is -3.56. The number of amides is 5. The van der Waals surface area contributed by atoms with Crippen molar-refractivity contribution in [1.82, 2.24) is 26.2 Å². The summed E-state index contributed by atoms with van der Waals surface area (Å²) in [6.45, 7) is 17.0. The normalized spacial score (nSPS) is 30.4. The number of sulfone groups is 1. The number of ketones is 1. The summed E-state index contributed by atoms with van der Waals surface area (Å²) in [5, 5.41) is 11.7. The molecule has 5 rings (SSSR count). The van der Waals surface area contributed by atoms with Gasteiger partial charge in [0.1, 0.15) is 17.6 Å². The predicted octanol–water partition coefficient (Wildman–Crippen LogP) is 3.62. The Kier molecular flexibility index (Phi) is 10.1. The predicted molar refractivity (Wildman–Crippen MR) is 191 cm³/mol. The maximum absolute atomic E-state index is 14.5. The summed E-state index contributed by atoms with van der Waals surface area (Å²) >= 11 is 0. The van der Waals surface area contributed by atoms with Crippen LogP contribution in [0.2, 0.25) is 0 Å². The first kappa shape index (κ1) is 38.5. The molecule has 0 aromatic carbocycles. The van der Waals surface area contributed by atoms with Gasteiger partial charge in [-0.1, -0.05) is 67.2 Å². The number of likely N-dealkylation sites (tertiary alicyclic amines) is 1. The van der Waals surface area contributed by atoms with Crippen LogP contribution in [0.4, 0.5) is 4.79 Å². The lowest BCUT2D eigenvalue weighted by Crippen LogP contribution is -2.64. The molecular weight excluding hydrogens is 659 g/mol. The number of piperidine rings is 1. The van der Waals surface area contributed by atoms with Crippen molar-refractivity contribution in [2.24, 2.45) is 28.6 Å². The Bertz CT molecular complexity index is 1500. The number of nitrogens with one attached hydrogen (secondary N) is 4. The Morgan fingerprint density at radius 3 is 2.08 bits per heavy atom. The van der Waals surface area contributed by atoms with Crippen molar-refractivity contribution in [3.63, 3.8) is 0 Å². The zero-order valence-electron chi connectivity index (χ0n) is 31.7. The van der Waals surface area contributed by atoms with Gasteiger partial charge in [-0.2, -0.15) is 0 Å². The molecule has 5 amide bonds. The van der Waals surface area contributed by atoms with Crippen LogP contribution in [0.1, 0.15) is 127 Å². The van der Waals surface area contributed by atoms with E-state index < -0.39 is 72.7 Å². The van der Waals surface area contributed by atoms with E-state index in [2.05, 4.69) is 35.1 Å². The van der Waals surface area contributed by atoms with E-state index in [4.69, 9.17) is 0 Å². The number of fused-ring (bicyclic) bond motifs is 1. The van der Waals surface area contributed by atoms with Gasteiger partial charge >= 0.3 is 6.03 Å². The molecule has 0 bridgehead atoms. The first-order valence-corrected chi connectivity index (χ1v) is 20.4. The van der Waals surface area contributed by atoms with E-state index >= 15 is 0 Å². The molecule has 0 aromatic heterocycles. The Morgan fingerprint density at radius 1 is 0.920 bits per heavy atom. The fourth-order valence-corrected chi connectivity index (χ4v) is 10.2. The molecule has 4 saturated carbocycles. The Hall–Kier alpha value is -2.70. The second-order valence-corrected chi connectivity index (χ2v) is 21.5. The number of carbonyl (C=O) groups is 5. The molecule has 0 radical (unpaired) electrons. The van der Waals surface area contributed by atoms with Crippen LogP contribution in [0.5, 0.6) is 0 Å². The maximum Gasteiger partial charge on any atom is 0.315 e. The molecule has 5 aliphatic rings. The molecule has 4 aliphatic carbocycles. The topological polar surface area (TPSA) is 171 Å². The highest BCUT2D eigenvalue weighted by Crippen LogP contribution is 2.65. The average molecular weight is 720 g/mol. The third kappa shape index (κ3) is 7.44. The zero-order chi connectivity index (χ0) is 37.2. The van der Waals surface area contributed by atoms with E-state index in [1.807, 2.05) is 27.7 Å². The molecule has 4 N–H and O–H groups in total. The van der Waals surface area contributed by atoms with E-state index in [0.29, 0.717) is 32.2 Å². The third-order valence-electron chi connectivity index (χ3n) is 12.3. The highest BCUT2D eigenvalue weighted by atomic mass is 32.2. The van der Waals surface area contributed by atoms with Gasteiger partial charge in [0.05, 0.1) is 16.0 Å². The SMILES string of the molecule is CCC[C@H]1CC1(NC(=O)[C@@H]1C2C(CN1C(=O)[C@H](NC(=O)NC1(CS(=O)(=O)C(C)(C)C)CCCCC1)C(C)(C)C)C2(C)C)C(=O)C(=O)NC1CC1. The summed E-state index contributed by atoms with van der Waals surface area (Å²) in [6, 6.07) is -2.49. The molecule has 1 heterocycles. The quantitative estimate of drug-likeness (QED) is 0.223. The minimum Gasteiger partial charge on any atom is -0.347 e. The van der Waals surface area contributed by atoms with Crippen molar-refractivity contribution in [2.75, 3.05) is 12.3 Å². The second-order valence-electron chi connectivity index (χ2n) is 18.7. The van der Waals surface area contributed by atoms with Crippen LogP contribution in [-0.4, -0.2) is 89.1 Å². The average Bonchev–Trinajstić information content (AvgIpc) is 3.94. The van der Waals surface area contributed by atoms with Gasteiger partial charge in [0.2, 0.25) is 17.6 Å². The second kappa shape index (κ2) is 13.1. The van der Waals surface area contributed by atoms with Crippen LogP contribution >= 0.6 is 0 Å². The summed E-state index contributed by atoms with van der Waals surface area (Å²) in [4.78, 5) is 70.7. The number of rotatable bonds is 12. The van der Waals surface area contributed by atoms with Crippen LogP contribution in [0.15, 0.2) is 0 Å². The summed E-state index contributed by atoms with van der Waals surface area (Å²) in [7, 11) is -3.56. The number of hydrogen-bond acceptors (Lipinski definition) is 7. The van der Waals surface area contributed by atoms with Gasteiger partial charge in [-0.25, -0.2) is 13.2 Å². The number of nitrogens with zero attached hydrogens (tertiary/aromatic N) is 1. The van der Waals surface area contributed by atoms with Gasteiger partial charge in [0.25, 0.3) is 5.91 Å². The van der Waals surface area contributed by atoms with Crippen LogP contribution < -0.4 is 21.3 Å². The Balaban J connectivity index is 1.36. The smallest absolute Gasteiger partial charge is 0.315 e. The molecule has 282 valence electrons. The van der Waals surface area contributed by atoms with E-state index in [9.17, 15) is 32.4 Å². The Morgan fingerprint density at radius 2 is 1.54 bits per heavy atom. The van der Waals surface area contributed by atoms with Crippen molar-refractivity contribution in [3.8, 4) is 0 Å². The van der Waals surface area contributed by atoms with Crippen LogP contribution in [-0.2, 0) is 29.0 Å². The highest BCUT2D eigenvalue weighted by Gasteiger charge is 2.71. The van der Waals surface area contributed by atoms with Crippen LogP contribution in [0, 0.1) is 28.6 Å². The standard InChI is InChI=1S/C37H61N5O7S/c1-10-14-22-19-37(22,28(43)30(45)38-23-15-16-23)40-29(44)26-25-24(35(25,8)9)20-42(26)31(46)27(33(2,3)4)39-32(47)41-36(17-12-11-13-18-36)21-50(48,49)34(5,6)7/h22-27H,10-21H2,1-9H3,(H,38,45)(H,40,44)(H2,39,41,47)/t22-,24?,25?,26-,27-,37?/m0/s1. The zero-order valence-corrected chi connectivity index (χ0v) is 32.5. The molecule has 12 nitrogen and oxygen atoms in total. The summed E-state index contributed by atoms with van der Waals surface area (Å²) in [6.07, 6.45) is 7.14. The van der Waals surface area contributed by atoms with E-state index in [1.54, 1.807) is 25.7 Å². The number of Topliss-reactive ketones (excluding diaryl/α,β-unsaturated/α-hetero) is 1. The van der Waals surface area contributed by atoms with Crippen molar-refractivity contribution in [3.05, 3.63) is 0 Å².